The highest BCUT2D eigenvalue weighted by Crippen LogP contribution is 2.71. The van der Waals surface area contributed by atoms with Gasteiger partial charge >= 0.3 is 11.9 Å². The van der Waals surface area contributed by atoms with E-state index in [1.54, 1.807) is 0 Å². The van der Waals surface area contributed by atoms with E-state index in [9.17, 15) is 9.59 Å². The Balaban J connectivity index is 1.17. The monoisotopic (exact) mass is 370 g/mol. The average Bonchev–Trinajstić information content (AvgIpc) is 3.45. The smallest absolute Gasteiger partial charge is 0.310 e. The van der Waals surface area contributed by atoms with Gasteiger partial charge in [-0.15, -0.1) is 0 Å². The van der Waals surface area contributed by atoms with Crippen LogP contribution in [0.1, 0.15) is 58.3 Å². The van der Waals surface area contributed by atoms with Gasteiger partial charge in [-0.05, 0) is 86.9 Å². The van der Waals surface area contributed by atoms with Crippen LogP contribution in [-0.4, -0.2) is 23.6 Å². The normalized spacial score (nSPS) is 60.9. The third kappa shape index (κ3) is 1.74. The van der Waals surface area contributed by atoms with Gasteiger partial charge in [-0.25, -0.2) is 0 Å². The van der Waals surface area contributed by atoms with Gasteiger partial charge in [0.2, 0.25) is 0 Å². The summed E-state index contributed by atoms with van der Waals surface area (Å²) in [5, 5.41) is 0. The van der Waals surface area contributed by atoms with Crippen molar-refractivity contribution in [3.05, 3.63) is 0 Å². The Hall–Kier alpha value is -1.06. The molecular weight excluding hydrogens is 340 g/mol. The minimum atomic E-state index is -0.239. The van der Waals surface area contributed by atoms with Crippen molar-refractivity contribution in [1.29, 1.82) is 0 Å². The van der Waals surface area contributed by atoms with Crippen LogP contribution in [0, 0.1) is 59.2 Å². The molecule has 0 amide bonds. The van der Waals surface area contributed by atoms with Gasteiger partial charge in [0.25, 0.3) is 0 Å². The topological polar surface area (TPSA) is 52.6 Å². The van der Waals surface area contributed by atoms with Gasteiger partial charge in [0.1, 0.15) is 11.7 Å². The molecule has 0 aromatic heterocycles. The molecule has 146 valence electrons. The second-order valence-corrected chi connectivity index (χ2v) is 11.1. The Morgan fingerprint density at radius 1 is 1.07 bits per heavy atom. The third-order valence-corrected chi connectivity index (χ3v) is 10.6. The lowest BCUT2D eigenvalue weighted by atomic mass is 9.65. The van der Waals surface area contributed by atoms with Crippen LogP contribution >= 0.6 is 0 Å². The summed E-state index contributed by atoms with van der Waals surface area (Å²) in [6.45, 7) is 2.22. The van der Waals surface area contributed by atoms with E-state index in [0.717, 1.165) is 55.3 Å². The van der Waals surface area contributed by atoms with Gasteiger partial charge < -0.3 is 9.47 Å². The van der Waals surface area contributed by atoms with E-state index in [-0.39, 0.29) is 41.4 Å². The Kier molecular flexibility index (Phi) is 2.88. The van der Waals surface area contributed by atoms with Crippen molar-refractivity contribution >= 4 is 11.9 Å². The van der Waals surface area contributed by atoms with Crippen LogP contribution in [0.3, 0.4) is 0 Å². The molecule has 6 bridgehead atoms. The SMILES string of the molecule is CCC1(OC(=O)C2C3CC4OC(=O)C2C4C3)CC2CC1C1C3CCC(C3)C21. The minimum absolute atomic E-state index is 0.0566. The third-order valence-electron chi connectivity index (χ3n) is 10.6. The van der Waals surface area contributed by atoms with Crippen LogP contribution in [-0.2, 0) is 19.1 Å². The highest BCUT2D eigenvalue weighted by atomic mass is 16.6. The van der Waals surface area contributed by atoms with E-state index in [1.165, 1.54) is 25.7 Å². The fraction of sp³-hybridized carbons (Fsp3) is 0.913. The second-order valence-electron chi connectivity index (χ2n) is 11.1. The van der Waals surface area contributed by atoms with E-state index in [1.807, 2.05) is 0 Å². The molecule has 6 saturated carbocycles. The summed E-state index contributed by atoms with van der Waals surface area (Å²) in [6, 6.07) is 0. The minimum Gasteiger partial charge on any atom is -0.462 e. The molecule has 7 fully saturated rings. The van der Waals surface area contributed by atoms with E-state index in [0.29, 0.717) is 11.8 Å². The summed E-state index contributed by atoms with van der Waals surface area (Å²) in [5.41, 5.74) is -0.239. The van der Waals surface area contributed by atoms with Crippen LogP contribution in [0.4, 0.5) is 0 Å². The number of rotatable bonds is 3. The fourth-order valence-electron chi connectivity index (χ4n) is 9.89. The van der Waals surface area contributed by atoms with Crippen molar-refractivity contribution in [3.8, 4) is 0 Å². The number of fused-ring (bicyclic) bond motifs is 10. The number of hydrogen-bond donors (Lipinski definition) is 0. The van der Waals surface area contributed by atoms with Crippen molar-refractivity contribution in [3.63, 3.8) is 0 Å². The lowest BCUT2D eigenvalue weighted by Crippen LogP contribution is -2.49. The quantitative estimate of drug-likeness (QED) is 0.563. The maximum absolute atomic E-state index is 13.4. The molecule has 7 aliphatic rings. The maximum atomic E-state index is 13.4. The van der Waals surface area contributed by atoms with Crippen LogP contribution < -0.4 is 0 Å². The van der Waals surface area contributed by atoms with Crippen molar-refractivity contribution in [2.45, 2.75) is 70.0 Å². The fourth-order valence-corrected chi connectivity index (χ4v) is 9.89. The molecule has 1 aliphatic heterocycles. The molecule has 1 saturated heterocycles. The molecule has 27 heavy (non-hydrogen) atoms. The zero-order chi connectivity index (χ0) is 18.1. The molecule has 0 N–H and O–H groups in total. The summed E-state index contributed by atoms with van der Waals surface area (Å²) in [5.74, 6) is 4.96. The van der Waals surface area contributed by atoms with Crippen molar-refractivity contribution in [2.75, 3.05) is 0 Å². The Morgan fingerprint density at radius 2 is 1.89 bits per heavy atom. The second kappa shape index (κ2) is 4.91. The number of esters is 2. The van der Waals surface area contributed by atoms with Crippen molar-refractivity contribution in [2.24, 2.45) is 59.2 Å². The van der Waals surface area contributed by atoms with E-state index >= 15 is 0 Å². The summed E-state index contributed by atoms with van der Waals surface area (Å²) in [4.78, 5) is 25.7. The highest BCUT2D eigenvalue weighted by Gasteiger charge is 2.69. The van der Waals surface area contributed by atoms with Crippen molar-refractivity contribution in [1.82, 2.24) is 0 Å². The van der Waals surface area contributed by atoms with Gasteiger partial charge in [0, 0.05) is 11.8 Å². The Bertz CT molecular complexity index is 730. The van der Waals surface area contributed by atoms with Gasteiger partial charge in [-0.2, -0.15) is 0 Å². The van der Waals surface area contributed by atoms with Gasteiger partial charge in [0.15, 0.2) is 0 Å². The van der Waals surface area contributed by atoms with Crippen LogP contribution in [0.15, 0.2) is 0 Å². The van der Waals surface area contributed by atoms with Gasteiger partial charge in [-0.3, -0.25) is 9.59 Å². The van der Waals surface area contributed by atoms with Crippen LogP contribution in [0.2, 0.25) is 0 Å². The molecule has 0 aromatic carbocycles. The largest absolute Gasteiger partial charge is 0.462 e. The zero-order valence-electron chi connectivity index (χ0n) is 16.1. The molecule has 7 rings (SSSR count). The van der Waals surface area contributed by atoms with E-state index < -0.39 is 0 Å². The van der Waals surface area contributed by atoms with Crippen LogP contribution in [0.5, 0.6) is 0 Å². The predicted molar refractivity (Wildman–Crippen MR) is 96.2 cm³/mol. The molecule has 4 heteroatoms. The van der Waals surface area contributed by atoms with Crippen LogP contribution in [0.25, 0.3) is 0 Å². The summed E-state index contributed by atoms with van der Waals surface area (Å²) < 4.78 is 12.0. The summed E-state index contributed by atoms with van der Waals surface area (Å²) in [7, 11) is 0. The molecular formula is C23H30O4. The first kappa shape index (κ1) is 15.8. The molecule has 12 atom stereocenters. The first-order valence-corrected chi connectivity index (χ1v) is 11.5. The lowest BCUT2D eigenvalue weighted by molar-refractivity contribution is -0.181. The Morgan fingerprint density at radius 3 is 2.70 bits per heavy atom. The first-order chi connectivity index (χ1) is 13.1. The number of carbonyl (C=O) groups is 2. The van der Waals surface area contributed by atoms with Gasteiger partial charge in [-0.1, -0.05) is 6.92 Å². The standard InChI is InChI=1S/C23H30O4/c1-2-23(9-13-7-15(23)18-11-4-3-10(5-11)17(13)18)27-22(25)19-12-6-14-16(8-12)26-21(24)20(14)19/h10-20H,2-9H2,1H3. The predicted octanol–water partition coefficient (Wildman–Crippen LogP) is 3.58. The van der Waals surface area contributed by atoms with E-state index in [4.69, 9.17) is 9.47 Å². The zero-order valence-corrected chi connectivity index (χ0v) is 16.1. The average molecular weight is 370 g/mol. The highest BCUT2D eigenvalue weighted by molar-refractivity contribution is 5.86. The summed E-state index contributed by atoms with van der Waals surface area (Å²) >= 11 is 0. The Labute approximate surface area is 160 Å². The molecule has 0 radical (unpaired) electrons. The lowest BCUT2D eigenvalue weighted by Gasteiger charge is -2.46. The number of hydrogen-bond acceptors (Lipinski definition) is 4. The molecule has 0 spiro atoms. The van der Waals surface area contributed by atoms with Crippen molar-refractivity contribution < 1.29 is 19.1 Å². The maximum Gasteiger partial charge on any atom is 0.310 e. The van der Waals surface area contributed by atoms with E-state index in [2.05, 4.69) is 6.92 Å². The number of carbonyl (C=O) groups excluding carboxylic acids is 2. The molecule has 1 heterocycles. The molecule has 6 aliphatic carbocycles. The number of ether oxygens (including phenoxy) is 2. The molecule has 12 unspecified atom stereocenters. The van der Waals surface area contributed by atoms with Gasteiger partial charge in [0.05, 0.1) is 11.8 Å². The molecule has 0 aromatic rings. The first-order valence-electron chi connectivity index (χ1n) is 11.5. The molecule has 4 nitrogen and oxygen atoms in total. The summed E-state index contributed by atoms with van der Waals surface area (Å²) in [6.07, 6.45) is 9.57.